The molecule has 0 bridgehead atoms. The van der Waals surface area contributed by atoms with Crippen molar-refractivity contribution in [3.63, 3.8) is 0 Å². The molecule has 3 heterocycles. The van der Waals surface area contributed by atoms with Crippen LogP contribution in [-0.4, -0.2) is 28.3 Å². The number of halogens is 1. The van der Waals surface area contributed by atoms with Gasteiger partial charge in [-0.05, 0) is 56.3 Å². The van der Waals surface area contributed by atoms with E-state index in [2.05, 4.69) is 21.6 Å². The summed E-state index contributed by atoms with van der Waals surface area (Å²) in [6.45, 7) is 1.95. The summed E-state index contributed by atoms with van der Waals surface area (Å²) in [5, 5.41) is 11.5. The standard InChI is InChI=1S/C23H21FN4O/c24-20-13-18(29-17-4-2-1-3-5-17)6-7-19(20)23-22-16(14-26-28-22)12-21(27-23)15-8-10-25-11-9-15/h1-7,12-15,25H,8-11H2,(H,26,28). The Balaban J connectivity index is 1.53. The Morgan fingerprint density at radius 1 is 0.966 bits per heavy atom. The van der Waals surface area contributed by atoms with E-state index in [1.165, 1.54) is 6.07 Å². The van der Waals surface area contributed by atoms with Gasteiger partial charge in [0, 0.05) is 28.6 Å². The van der Waals surface area contributed by atoms with Crippen molar-refractivity contribution in [3.8, 4) is 22.8 Å². The summed E-state index contributed by atoms with van der Waals surface area (Å²) < 4.78 is 20.8. The highest BCUT2D eigenvalue weighted by Gasteiger charge is 2.21. The second-order valence-electron chi connectivity index (χ2n) is 7.31. The van der Waals surface area contributed by atoms with Gasteiger partial charge in [0.2, 0.25) is 0 Å². The fourth-order valence-electron chi connectivity index (χ4n) is 3.87. The van der Waals surface area contributed by atoms with Crippen molar-refractivity contribution in [2.24, 2.45) is 0 Å². The van der Waals surface area contributed by atoms with E-state index in [1.54, 1.807) is 18.3 Å². The van der Waals surface area contributed by atoms with Gasteiger partial charge in [-0.15, -0.1) is 0 Å². The number of para-hydroxylation sites is 1. The zero-order valence-corrected chi connectivity index (χ0v) is 15.9. The molecule has 0 amide bonds. The van der Waals surface area contributed by atoms with E-state index >= 15 is 4.39 Å². The number of benzene rings is 2. The van der Waals surface area contributed by atoms with Gasteiger partial charge >= 0.3 is 0 Å². The number of aromatic amines is 1. The molecule has 146 valence electrons. The molecule has 2 N–H and O–H groups in total. The fraction of sp³-hybridized carbons (Fsp3) is 0.217. The lowest BCUT2D eigenvalue weighted by molar-refractivity contribution is 0.454. The molecule has 1 aliphatic heterocycles. The molecule has 0 unspecified atom stereocenters. The van der Waals surface area contributed by atoms with Crippen LogP contribution < -0.4 is 10.1 Å². The van der Waals surface area contributed by atoms with Crippen molar-refractivity contribution >= 4 is 10.9 Å². The number of hydrogen-bond acceptors (Lipinski definition) is 4. The van der Waals surface area contributed by atoms with Crippen molar-refractivity contribution in [1.29, 1.82) is 0 Å². The summed E-state index contributed by atoms with van der Waals surface area (Å²) in [5.41, 5.74) is 2.78. The fourth-order valence-corrected chi connectivity index (χ4v) is 3.87. The third-order valence-corrected chi connectivity index (χ3v) is 5.38. The molecule has 1 fully saturated rings. The molecule has 5 rings (SSSR count). The molecule has 6 heteroatoms. The van der Waals surface area contributed by atoms with Crippen molar-refractivity contribution < 1.29 is 9.13 Å². The van der Waals surface area contributed by atoms with Crippen LogP contribution in [0.5, 0.6) is 11.5 Å². The molecular formula is C23H21FN4O. The van der Waals surface area contributed by atoms with Crippen molar-refractivity contribution in [2.75, 3.05) is 13.1 Å². The second-order valence-corrected chi connectivity index (χ2v) is 7.31. The summed E-state index contributed by atoms with van der Waals surface area (Å²) in [4.78, 5) is 4.86. The predicted molar refractivity (Wildman–Crippen MR) is 111 cm³/mol. The van der Waals surface area contributed by atoms with E-state index in [1.807, 2.05) is 30.3 Å². The van der Waals surface area contributed by atoms with Gasteiger partial charge in [-0.25, -0.2) is 4.39 Å². The zero-order valence-electron chi connectivity index (χ0n) is 15.9. The van der Waals surface area contributed by atoms with Gasteiger partial charge in [-0.3, -0.25) is 10.1 Å². The molecule has 1 aliphatic rings. The molecule has 1 saturated heterocycles. The van der Waals surface area contributed by atoms with Crippen LogP contribution in [0.3, 0.4) is 0 Å². The predicted octanol–water partition coefficient (Wildman–Crippen LogP) is 5.02. The molecule has 5 nitrogen and oxygen atoms in total. The van der Waals surface area contributed by atoms with Crippen LogP contribution in [0.2, 0.25) is 0 Å². The summed E-state index contributed by atoms with van der Waals surface area (Å²) in [7, 11) is 0. The van der Waals surface area contributed by atoms with Crippen molar-refractivity contribution in [1.82, 2.24) is 20.5 Å². The third-order valence-electron chi connectivity index (χ3n) is 5.38. The van der Waals surface area contributed by atoms with Gasteiger partial charge in [0.25, 0.3) is 0 Å². The maximum atomic E-state index is 15.1. The van der Waals surface area contributed by atoms with Crippen molar-refractivity contribution in [3.05, 3.63) is 72.3 Å². The quantitative estimate of drug-likeness (QED) is 0.515. The Labute approximate surface area is 167 Å². The van der Waals surface area contributed by atoms with Crippen LogP contribution in [0.15, 0.2) is 60.8 Å². The Hall–Kier alpha value is -3.25. The van der Waals surface area contributed by atoms with E-state index < -0.39 is 0 Å². The lowest BCUT2D eigenvalue weighted by Crippen LogP contribution is -2.27. The molecule has 0 spiro atoms. The lowest BCUT2D eigenvalue weighted by atomic mass is 9.93. The highest BCUT2D eigenvalue weighted by atomic mass is 19.1. The minimum atomic E-state index is -0.371. The first-order valence-corrected chi connectivity index (χ1v) is 9.85. The Bertz CT molecular complexity index is 1140. The largest absolute Gasteiger partial charge is 0.457 e. The Morgan fingerprint density at radius 3 is 2.59 bits per heavy atom. The zero-order chi connectivity index (χ0) is 19.6. The summed E-state index contributed by atoms with van der Waals surface area (Å²) in [6, 6.07) is 16.3. The Kier molecular flexibility index (Phi) is 4.69. The number of nitrogens with zero attached hydrogens (tertiary/aromatic N) is 2. The van der Waals surface area contributed by atoms with Gasteiger partial charge in [-0.2, -0.15) is 5.10 Å². The average Bonchev–Trinajstić information content (AvgIpc) is 3.24. The van der Waals surface area contributed by atoms with E-state index in [9.17, 15) is 0 Å². The number of H-pyrrole nitrogens is 1. The summed E-state index contributed by atoms with van der Waals surface area (Å²) in [6.07, 6.45) is 3.83. The molecule has 0 aliphatic carbocycles. The van der Waals surface area contributed by atoms with Crippen LogP contribution in [0.4, 0.5) is 4.39 Å². The average molecular weight is 388 g/mol. The lowest BCUT2D eigenvalue weighted by Gasteiger charge is -2.22. The number of nitrogens with one attached hydrogen (secondary N) is 2. The first kappa shape index (κ1) is 17.8. The number of piperidine rings is 1. The molecule has 0 saturated carbocycles. The van der Waals surface area contributed by atoms with Crippen LogP contribution in [0.1, 0.15) is 24.5 Å². The summed E-state index contributed by atoms with van der Waals surface area (Å²) in [5.74, 6) is 1.12. The van der Waals surface area contributed by atoms with Crippen LogP contribution in [0.25, 0.3) is 22.2 Å². The number of ether oxygens (including phenoxy) is 1. The molecular weight excluding hydrogens is 367 g/mol. The second kappa shape index (κ2) is 7.64. The van der Waals surface area contributed by atoms with E-state index in [0.717, 1.165) is 42.5 Å². The molecule has 0 radical (unpaired) electrons. The Morgan fingerprint density at radius 2 is 1.79 bits per heavy atom. The van der Waals surface area contributed by atoms with Gasteiger partial charge in [0.1, 0.15) is 17.3 Å². The highest BCUT2D eigenvalue weighted by Crippen LogP contribution is 2.34. The van der Waals surface area contributed by atoms with Crippen LogP contribution in [-0.2, 0) is 0 Å². The molecule has 4 aromatic rings. The third kappa shape index (κ3) is 3.59. The number of rotatable bonds is 4. The molecule has 29 heavy (non-hydrogen) atoms. The van der Waals surface area contributed by atoms with E-state index in [4.69, 9.17) is 9.72 Å². The van der Waals surface area contributed by atoms with Gasteiger partial charge in [0.05, 0.1) is 17.4 Å². The maximum Gasteiger partial charge on any atom is 0.136 e. The minimum Gasteiger partial charge on any atom is -0.457 e. The number of aromatic nitrogens is 3. The van der Waals surface area contributed by atoms with Gasteiger partial charge in [-0.1, -0.05) is 18.2 Å². The highest BCUT2D eigenvalue weighted by molar-refractivity contribution is 5.91. The van der Waals surface area contributed by atoms with Crippen molar-refractivity contribution in [2.45, 2.75) is 18.8 Å². The maximum absolute atomic E-state index is 15.1. The smallest absolute Gasteiger partial charge is 0.136 e. The van der Waals surface area contributed by atoms with Crippen LogP contribution in [0, 0.1) is 5.82 Å². The van der Waals surface area contributed by atoms with Crippen LogP contribution >= 0.6 is 0 Å². The topological polar surface area (TPSA) is 62.8 Å². The molecule has 2 aromatic heterocycles. The normalized spacial score (nSPS) is 14.9. The SMILES string of the molecule is Fc1cc(Oc2ccccc2)ccc1-c1nc(C2CCNCC2)cc2cn[nH]c12. The van der Waals surface area contributed by atoms with E-state index in [0.29, 0.717) is 28.7 Å². The van der Waals surface area contributed by atoms with Gasteiger partial charge in [0.15, 0.2) is 0 Å². The number of pyridine rings is 1. The first-order valence-electron chi connectivity index (χ1n) is 9.85. The molecule has 0 atom stereocenters. The first-order chi connectivity index (χ1) is 14.3. The van der Waals surface area contributed by atoms with Gasteiger partial charge < -0.3 is 10.1 Å². The minimum absolute atomic E-state index is 0.371. The number of hydrogen-bond donors (Lipinski definition) is 2. The van der Waals surface area contributed by atoms with E-state index in [-0.39, 0.29) is 5.82 Å². The number of fused-ring (bicyclic) bond motifs is 1. The molecule has 2 aromatic carbocycles. The monoisotopic (exact) mass is 388 g/mol. The summed E-state index contributed by atoms with van der Waals surface area (Å²) >= 11 is 0.